The molecular weight excluding hydrogens is 263 g/mol. The maximum absolute atomic E-state index is 13.1. The molecule has 1 unspecified atom stereocenters. The fourth-order valence-electron chi connectivity index (χ4n) is 1.97. The van der Waals surface area contributed by atoms with Gasteiger partial charge in [-0.2, -0.15) is 0 Å². The molecule has 0 saturated heterocycles. The minimum absolute atomic E-state index is 0.0397. The minimum atomic E-state index is -0.675. The quantitative estimate of drug-likeness (QED) is 0.883. The Hall–Kier alpha value is -1.38. The molecule has 0 radical (unpaired) electrons. The van der Waals surface area contributed by atoms with E-state index in [2.05, 4.69) is 19.1 Å². The summed E-state index contributed by atoms with van der Waals surface area (Å²) >= 11 is 5.71. The van der Waals surface area contributed by atoms with Crippen LogP contribution in [0.2, 0.25) is 5.02 Å². The summed E-state index contributed by atoms with van der Waals surface area (Å²) in [5.74, 6) is -0.468. The Kier molecular flexibility index (Phi) is 4.56. The molecule has 0 amide bonds. The fraction of sp³-hybridized carbons (Fsp3) is 0.250. The zero-order chi connectivity index (χ0) is 13.8. The van der Waals surface area contributed by atoms with E-state index in [1.807, 2.05) is 12.1 Å². The summed E-state index contributed by atoms with van der Waals surface area (Å²) in [7, 11) is 0. The lowest BCUT2D eigenvalue weighted by molar-refractivity contribution is 0.178. The molecule has 0 aliphatic carbocycles. The highest BCUT2D eigenvalue weighted by atomic mass is 35.5. The summed E-state index contributed by atoms with van der Waals surface area (Å²) in [5.41, 5.74) is 2.94. The molecule has 1 nitrogen and oxygen atoms in total. The highest BCUT2D eigenvalue weighted by Crippen LogP contribution is 2.23. The topological polar surface area (TPSA) is 20.2 Å². The van der Waals surface area contributed by atoms with Gasteiger partial charge < -0.3 is 5.11 Å². The van der Waals surface area contributed by atoms with Crippen molar-refractivity contribution < 1.29 is 9.50 Å². The Morgan fingerprint density at radius 3 is 2.32 bits per heavy atom. The molecular formula is C16H16ClFO. The number of halogens is 2. The van der Waals surface area contributed by atoms with Crippen molar-refractivity contribution in [2.75, 3.05) is 0 Å². The van der Waals surface area contributed by atoms with Crippen LogP contribution in [0.3, 0.4) is 0 Å². The largest absolute Gasteiger partial charge is 0.388 e. The number of benzene rings is 2. The van der Waals surface area contributed by atoms with E-state index in [4.69, 9.17) is 11.6 Å². The predicted molar refractivity (Wildman–Crippen MR) is 75.9 cm³/mol. The first-order valence-electron chi connectivity index (χ1n) is 6.31. The van der Waals surface area contributed by atoms with Gasteiger partial charge in [0.15, 0.2) is 0 Å². The third-order valence-electron chi connectivity index (χ3n) is 3.19. The average Bonchev–Trinajstić information content (AvgIpc) is 2.42. The molecule has 0 heterocycles. The lowest BCUT2D eigenvalue weighted by atomic mass is 10.00. The molecule has 2 rings (SSSR count). The van der Waals surface area contributed by atoms with E-state index in [1.165, 1.54) is 17.7 Å². The molecule has 0 aliphatic heterocycles. The summed E-state index contributed by atoms with van der Waals surface area (Å²) in [6.07, 6.45) is 0.813. The third-order valence-corrected chi connectivity index (χ3v) is 3.48. The number of aliphatic hydroxyl groups is 1. The predicted octanol–water partition coefficient (Wildman–Crippen LogP) is 4.32. The van der Waals surface area contributed by atoms with Crippen LogP contribution in [0.1, 0.15) is 29.7 Å². The molecule has 0 aromatic heterocycles. The highest BCUT2D eigenvalue weighted by Gasteiger charge is 2.11. The number of aryl methyl sites for hydroxylation is 1. The number of rotatable bonds is 4. The Morgan fingerprint density at radius 2 is 1.74 bits per heavy atom. The van der Waals surface area contributed by atoms with Gasteiger partial charge in [0.25, 0.3) is 0 Å². The van der Waals surface area contributed by atoms with E-state index in [-0.39, 0.29) is 5.02 Å². The second kappa shape index (κ2) is 6.18. The van der Waals surface area contributed by atoms with Crippen LogP contribution in [-0.2, 0) is 12.8 Å². The summed E-state index contributed by atoms with van der Waals surface area (Å²) in [4.78, 5) is 0. The first-order chi connectivity index (χ1) is 9.10. The molecule has 1 N–H and O–H groups in total. The van der Waals surface area contributed by atoms with E-state index in [0.29, 0.717) is 12.0 Å². The number of aliphatic hydroxyl groups excluding tert-OH is 1. The van der Waals surface area contributed by atoms with Crippen LogP contribution in [0.15, 0.2) is 42.5 Å². The summed E-state index contributed by atoms with van der Waals surface area (Å²) in [6, 6.07) is 12.4. The van der Waals surface area contributed by atoms with E-state index < -0.39 is 11.9 Å². The van der Waals surface area contributed by atoms with Gasteiger partial charge in [-0.25, -0.2) is 4.39 Å². The maximum Gasteiger partial charge on any atom is 0.141 e. The summed E-state index contributed by atoms with van der Waals surface area (Å²) in [5, 5.41) is 10.2. The van der Waals surface area contributed by atoms with Gasteiger partial charge in [-0.3, -0.25) is 0 Å². The fourth-order valence-corrected chi connectivity index (χ4v) is 2.16. The van der Waals surface area contributed by atoms with Crippen molar-refractivity contribution in [2.45, 2.75) is 25.9 Å². The SMILES string of the molecule is CCc1ccc(CC(O)c2ccc(F)c(Cl)c2)cc1. The van der Waals surface area contributed by atoms with Gasteiger partial charge in [-0.05, 0) is 35.2 Å². The molecule has 2 aromatic rings. The van der Waals surface area contributed by atoms with Gasteiger partial charge >= 0.3 is 0 Å². The van der Waals surface area contributed by atoms with Crippen LogP contribution in [-0.4, -0.2) is 5.11 Å². The van der Waals surface area contributed by atoms with Crippen LogP contribution < -0.4 is 0 Å². The van der Waals surface area contributed by atoms with Crippen molar-refractivity contribution in [1.82, 2.24) is 0 Å². The lowest BCUT2D eigenvalue weighted by Crippen LogP contribution is -2.02. The van der Waals surface area contributed by atoms with Crippen molar-refractivity contribution in [3.05, 3.63) is 70.0 Å². The van der Waals surface area contributed by atoms with Crippen molar-refractivity contribution in [2.24, 2.45) is 0 Å². The molecule has 0 bridgehead atoms. The second-order valence-electron chi connectivity index (χ2n) is 4.56. The van der Waals surface area contributed by atoms with Gasteiger partial charge in [0.05, 0.1) is 11.1 Å². The normalized spacial score (nSPS) is 12.4. The van der Waals surface area contributed by atoms with Gasteiger partial charge in [0, 0.05) is 6.42 Å². The van der Waals surface area contributed by atoms with Crippen LogP contribution in [0.4, 0.5) is 4.39 Å². The van der Waals surface area contributed by atoms with Crippen molar-refractivity contribution in [1.29, 1.82) is 0 Å². The van der Waals surface area contributed by atoms with Crippen LogP contribution in [0, 0.1) is 5.82 Å². The monoisotopic (exact) mass is 278 g/mol. The highest BCUT2D eigenvalue weighted by molar-refractivity contribution is 6.30. The van der Waals surface area contributed by atoms with Gasteiger partial charge in [0.2, 0.25) is 0 Å². The smallest absolute Gasteiger partial charge is 0.141 e. The van der Waals surface area contributed by atoms with Crippen molar-refractivity contribution in [3.63, 3.8) is 0 Å². The average molecular weight is 279 g/mol. The second-order valence-corrected chi connectivity index (χ2v) is 4.97. The van der Waals surface area contributed by atoms with Crippen molar-refractivity contribution >= 4 is 11.6 Å². The first-order valence-corrected chi connectivity index (χ1v) is 6.68. The molecule has 3 heteroatoms. The zero-order valence-electron chi connectivity index (χ0n) is 10.7. The van der Waals surface area contributed by atoms with E-state index in [9.17, 15) is 9.50 Å². The maximum atomic E-state index is 13.1. The molecule has 0 fully saturated rings. The molecule has 0 saturated carbocycles. The first kappa shape index (κ1) is 14.0. The summed E-state index contributed by atoms with van der Waals surface area (Å²) < 4.78 is 13.1. The Bertz CT molecular complexity index is 551. The molecule has 0 aliphatic rings. The minimum Gasteiger partial charge on any atom is -0.388 e. The van der Waals surface area contributed by atoms with Gasteiger partial charge in [0.1, 0.15) is 5.82 Å². The molecule has 0 spiro atoms. The summed E-state index contributed by atoms with van der Waals surface area (Å²) in [6.45, 7) is 2.10. The molecule has 2 aromatic carbocycles. The lowest BCUT2D eigenvalue weighted by Gasteiger charge is -2.12. The van der Waals surface area contributed by atoms with Crippen LogP contribution in [0.25, 0.3) is 0 Å². The zero-order valence-corrected chi connectivity index (χ0v) is 11.5. The molecule has 19 heavy (non-hydrogen) atoms. The van der Waals surface area contributed by atoms with Crippen molar-refractivity contribution in [3.8, 4) is 0 Å². The van der Waals surface area contributed by atoms with Gasteiger partial charge in [-0.1, -0.05) is 48.9 Å². The van der Waals surface area contributed by atoms with E-state index in [0.717, 1.165) is 12.0 Å². The third kappa shape index (κ3) is 3.55. The molecule has 1 atom stereocenters. The van der Waals surface area contributed by atoms with Gasteiger partial charge in [-0.15, -0.1) is 0 Å². The Labute approximate surface area is 117 Å². The molecule has 100 valence electrons. The van der Waals surface area contributed by atoms with E-state index in [1.54, 1.807) is 6.07 Å². The number of hydrogen-bond acceptors (Lipinski definition) is 1. The Morgan fingerprint density at radius 1 is 1.11 bits per heavy atom. The van der Waals surface area contributed by atoms with Crippen LogP contribution >= 0.6 is 11.6 Å². The van der Waals surface area contributed by atoms with E-state index >= 15 is 0 Å². The van der Waals surface area contributed by atoms with Crippen LogP contribution in [0.5, 0.6) is 0 Å². The number of hydrogen-bond donors (Lipinski definition) is 1. The standard InChI is InChI=1S/C16H16ClFO/c1-2-11-3-5-12(6-4-11)9-16(19)13-7-8-15(18)14(17)10-13/h3-8,10,16,19H,2,9H2,1H3. The Balaban J connectivity index is 2.10.